The number of carboxylic acid groups (broad SMARTS) is 1. The number of hydrogen-bond acceptors (Lipinski definition) is 4. The minimum absolute atomic E-state index is 0.136. The average Bonchev–Trinajstić information content (AvgIpc) is 2.32. The zero-order valence-electron chi connectivity index (χ0n) is 9.39. The van der Waals surface area contributed by atoms with Crippen LogP contribution in [0, 0.1) is 3.57 Å². The number of amides is 1. The standard InChI is InChI=1S/C11H13IN2O4/c12-7-3-6(1-2-9(7)15)4-8(11(17)18)14-10(16)5-13/h1-3,8,15H,4-5,13H2,(H,14,16)(H,17,18)/t8-/m0/s1. The third-order valence-corrected chi connectivity index (χ3v) is 3.13. The summed E-state index contributed by atoms with van der Waals surface area (Å²) in [4.78, 5) is 22.1. The Kier molecular flexibility index (Phi) is 5.35. The Labute approximate surface area is 117 Å². The second kappa shape index (κ2) is 6.55. The van der Waals surface area contributed by atoms with Crippen LogP contribution >= 0.6 is 22.6 Å². The van der Waals surface area contributed by atoms with E-state index in [4.69, 9.17) is 10.8 Å². The van der Waals surface area contributed by atoms with Crippen molar-refractivity contribution in [2.75, 3.05) is 6.54 Å². The number of carbonyl (C=O) groups excluding carboxylic acids is 1. The van der Waals surface area contributed by atoms with E-state index < -0.39 is 17.9 Å². The molecule has 1 rings (SSSR count). The minimum Gasteiger partial charge on any atom is -0.507 e. The van der Waals surface area contributed by atoms with Gasteiger partial charge in [0.25, 0.3) is 0 Å². The Balaban J connectivity index is 2.80. The number of nitrogens with two attached hydrogens (primary N) is 1. The van der Waals surface area contributed by atoms with Crippen LogP contribution < -0.4 is 11.1 Å². The molecule has 98 valence electrons. The highest BCUT2D eigenvalue weighted by molar-refractivity contribution is 14.1. The normalized spacial score (nSPS) is 11.9. The summed E-state index contributed by atoms with van der Waals surface area (Å²) < 4.78 is 0.624. The van der Waals surface area contributed by atoms with Crippen molar-refractivity contribution in [3.8, 4) is 5.75 Å². The van der Waals surface area contributed by atoms with Crippen molar-refractivity contribution in [2.24, 2.45) is 5.73 Å². The monoisotopic (exact) mass is 364 g/mol. The molecular formula is C11H13IN2O4. The van der Waals surface area contributed by atoms with Gasteiger partial charge in [0.15, 0.2) is 0 Å². The maximum Gasteiger partial charge on any atom is 0.326 e. The molecule has 0 spiro atoms. The van der Waals surface area contributed by atoms with E-state index in [0.717, 1.165) is 0 Å². The molecule has 0 saturated heterocycles. The Morgan fingerprint density at radius 2 is 2.11 bits per heavy atom. The van der Waals surface area contributed by atoms with E-state index in [1.807, 2.05) is 22.6 Å². The van der Waals surface area contributed by atoms with Crippen LogP contribution in [0.2, 0.25) is 0 Å². The van der Waals surface area contributed by atoms with Gasteiger partial charge >= 0.3 is 5.97 Å². The van der Waals surface area contributed by atoms with E-state index in [9.17, 15) is 14.7 Å². The van der Waals surface area contributed by atoms with Gasteiger partial charge < -0.3 is 21.3 Å². The summed E-state index contributed by atoms with van der Waals surface area (Å²) in [6.07, 6.45) is 0.136. The van der Waals surface area contributed by atoms with Crippen LogP contribution in [0.3, 0.4) is 0 Å². The second-order valence-electron chi connectivity index (χ2n) is 3.65. The largest absolute Gasteiger partial charge is 0.507 e. The fraction of sp³-hybridized carbons (Fsp3) is 0.273. The van der Waals surface area contributed by atoms with E-state index in [0.29, 0.717) is 9.13 Å². The lowest BCUT2D eigenvalue weighted by molar-refractivity contribution is -0.141. The summed E-state index contributed by atoms with van der Waals surface area (Å²) in [5, 5.41) is 20.7. The van der Waals surface area contributed by atoms with Gasteiger partial charge in [0, 0.05) is 6.42 Å². The first kappa shape index (κ1) is 14.7. The lowest BCUT2D eigenvalue weighted by Crippen LogP contribution is -2.44. The van der Waals surface area contributed by atoms with Gasteiger partial charge in [-0.1, -0.05) is 6.07 Å². The third kappa shape index (κ3) is 4.15. The van der Waals surface area contributed by atoms with Crippen LogP contribution in [0.15, 0.2) is 18.2 Å². The number of phenolic OH excluding ortho intramolecular Hbond substituents is 1. The van der Waals surface area contributed by atoms with E-state index in [2.05, 4.69) is 5.32 Å². The molecule has 6 nitrogen and oxygen atoms in total. The predicted molar refractivity (Wildman–Crippen MR) is 73.1 cm³/mol. The molecule has 5 N–H and O–H groups in total. The highest BCUT2D eigenvalue weighted by Crippen LogP contribution is 2.20. The molecule has 1 aromatic carbocycles. The van der Waals surface area contributed by atoms with Crippen molar-refractivity contribution in [2.45, 2.75) is 12.5 Å². The molecule has 0 aliphatic carbocycles. The van der Waals surface area contributed by atoms with Crippen LogP contribution in [0.5, 0.6) is 5.75 Å². The molecular weight excluding hydrogens is 351 g/mol. The first-order valence-electron chi connectivity index (χ1n) is 5.13. The number of aromatic hydroxyl groups is 1. The van der Waals surface area contributed by atoms with Gasteiger partial charge in [-0.3, -0.25) is 4.79 Å². The van der Waals surface area contributed by atoms with Crippen molar-refractivity contribution in [3.05, 3.63) is 27.3 Å². The fourth-order valence-electron chi connectivity index (χ4n) is 1.37. The summed E-state index contributed by atoms with van der Waals surface area (Å²) >= 11 is 1.94. The minimum atomic E-state index is -1.13. The van der Waals surface area contributed by atoms with Gasteiger partial charge in [0.05, 0.1) is 10.1 Å². The van der Waals surface area contributed by atoms with E-state index >= 15 is 0 Å². The number of halogens is 1. The summed E-state index contributed by atoms with van der Waals surface area (Å²) in [5.74, 6) is -1.51. The SMILES string of the molecule is NCC(=O)N[C@@H](Cc1ccc(O)c(I)c1)C(=O)O. The highest BCUT2D eigenvalue weighted by Gasteiger charge is 2.20. The molecule has 1 atom stereocenters. The molecule has 0 aliphatic heterocycles. The van der Waals surface area contributed by atoms with E-state index in [1.165, 1.54) is 6.07 Å². The number of phenols is 1. The van der Waals surface area contributed by atoms with Crippen molar-refractivity contribution in [3.63, 3.8) is 0 Å². The topological polar surface area (TPSA) is 113 Å². The number of aliphatic carboxylic acids is 1. The Morgan fingerprint density at radius 3 is 2.61 bits per heavy atom. The molecule has 0 bridgehead atoms. The first-order chi connectivity index (χ1) is 8.43. The van der Waals surface area contributed by atoms with Crippen LogP contribution in [0.4, 0.5) is 0 Å². The van der Waals surface area contributed by atoms with Crippen LogP contribution in [0.25, 0.3) is 0 Å². The van der Waals surface area contributed by atoms with Crippen LogP contribution in [-0.4, -0.2) is 34.7 Å². The molecule has 7 heteroatoms. The molecule has 0 unspecified atom stereocenters. The van der Waals surface area contributed by atoms with Crippen molar-refractivity contribution >= 4 is 34.5 Å². The summed E-state index contributed by atoms with van der Waals surface area (Å²) in [5.41, 5.74) is 5.83. The lowest BCUT2D eigenvalue weighted by Gasteiger charge is -2.14. The molecule has 0 fully saturated rings. The van der Waals surface area contributed by atoms with Crippen molar-refractivity contribution in [1.29, 1.82) is 0 Å². The fourth-order valence-corrected chi connectivity index (χ4v) is 1.95. The molecule has 0 aromatic heterocycles. The van der Waals surface area contributed by atoms with E-state index in [1.54, 1.807) is 12.1 Å². The summed E-state index contributed by atoms with van der Waals surface area (Å²) in [7, 11) is 0. The Hall–Kier alpha value is -1.35. The van der Waals surface area contributed by atoms with Gasteiger partial charge in [0.1, 0.15) is 11.8 Å². The molecule has 1 amide bonds. The van der Waals surface area contributed by atoms with Gasteiger partial charge in [-0.05, 0) is 40.3 Å². The van der Waals surface area contributed by atoms with Crippen LogP contribution in [-0.2, 0) is 16.0 Å². The summed E-state index contributed by atoms with van der Waals surface area (Å²) in [6, 6.07) is 3.74. The first-order valence-corrected chi connectivity index (χ1v) is 6.21. The zero-order valence-corrected chi connectivity index (χ0v) is 11.5. The van der Waals surface area contributed by atoms with Gasteiger partial charge in [-0.15, -0.1) is 0 Å². The molecule has 18 heavy (non-hydrogen) atoms. The zero-order chi connectivity index (χ0) is 13.7. The molecule has 0 heterocycles. The number of carboxylic acids is 1. The smallest absolute Gasteiger partial charge is 0.326 e. The maximum absolute atomic E-state index is 11.1. The Morgan fingerprint density at radius 1 is 1.44 bits per heavy atom. The molecule has 0 aliphatic rings. The molecule has 0 radical (unpaired) electrons. The van der Waals surface area contributed by atoms with Crippen molar-refractivity contribution in [1.82, 2.24) is 5.32 Å². The predicted octanol–water partition coefficient (Wildman–Crippen LogP) is 0.0674. The third-order valence-electron chi connectivity index (χ3n) is 2.27. The number of hydrogen-bond donors (Lipinski definition) is 4. The summed E-state index contributed by atoms with van der Waals surface area (Å²) in [6.45, 7) is -0.253. The highest BCUT2D eigenvalue weighted by atomic mass is 127. The second-order valence-corrected chi connectivity index (χ2v) is 4.81. The number of rotatable bonds is 5. The van der Waals surface area contributed by atoms with Gasteiger partial charge in [-0.25, -0.2) is 4.79 Å². The van der Waals surface area contributed by atoms with Crippen LogP contribution in [0.1, 0.15) is 5.56 Å². The van der Waals surface area contributed by atoms with E-state index in [-0.39, 0.29) is 18.7 Å². The lowest BCUT2D eigenvalue weighted by atomic mass is 10.1. The number of carbonyl (C=O) groups is 2. The molecule has 0 saturated carbocycles. The average molecular weight is 364 g/mol. The quantitative estimate of drug-likeness (QED) is 0.553. The number of benzene rings is 1. The van der Waals surface area contributed by atoms with Gasteiger partial charge in [0.2, 0.25) is 5.91 Å². The van der Waals surface area contributed by atoms with Gasteiger partial charge in [-0.2, -0.15) is 0 Å². The van der Waals surface area contributed by atoms with Crippen molar-refractivity contribution < 1.29 is 19.8 Å². The Bertz CT molecular complexity index is 464. The molecule has 1 aromatic rings. The maximum atomic E-state index is 11.1. The number of nitrogens with one attached hydrogen (secondary N) is 1.